The normalized spacial score (nSPS) is 19.7. The summed E-state index contributed by atoms with van der Waals surface area (Å²) in [6, 6.07) is -0.0473. The lowest BCUT2D eigenvalue weighted by Gasteiger charge is -2.17. The van der Waals surface area contributed by atoms with E-state index in [2.05, 4.69) is 10.3 Å². The molecule has 84 valence electrons. The minimum absolute atomic E-state index is 0. The molecule has 1 atom stereocenters. The first kappa shape index (κ1) is 12.8. The van der Waals surface area contributed by atoms with Crippen molar-refractivity contribution >= 4 is 46.5 Å². The standard InChI is InChI=1S/C8H11N3OS2.ClH/c1-11(8-9-2-3-14-8)7(12)6-4-13-5-10-6;/h2-3,6,10H,4-5H2,1H3;1H/t6-;/m1./s1. The lowest BCUT2D eigenvalue weighted by molar-refractivity contribution is -0.119. The van der Waals surface area contributed by atoms with Gasteiger partial charge in [0.2, 0.25) is 5.91 Å². The quantitative estimate of drug-likeness (QED) is 0.873. The van der Waals surface area contributed by atoms with Crippen LogP contribution in [-0.4, -0.2) is 35.6 Å². The van der Waals surface area contributed by atoms with E-state index in [1.54, 1.807) is 29.9 Å². The van der Waals surface area contributed by atoms with Gasteiger partial charge in [0.15, 0.2) is 5.13 Å². The number of carbonyl (C=O) groups is 1. The zero-order chi connectivity index (χ0) is 9.97. The predicted octanol–water partition coefficient (Wildman–Crippen LogP) is 1.19. The Hall–Kier alpha value is -0.300. The van der Waals surface area contributed by atoms with E-state index < -0.39 is 0 Å². The van der Waals surface area contributed by atoms with Crippen LogP contribution in [0.4, 0.5) is 5.13 Å². The molecule has 2 rings (SSSR count). The lowest BCUT2D eigenvalue weighted by Crippen LogP contribution is -2.43. The van der Waals surface area contributed by atoms with Gasteiger partial charge in [0.05, 0.1) is 6.04 Å². The van der Waals surface area contributed by atoms with E-state index in [1.807, 2.05) is 5.38 Å². The Morgan fingerprint density at radius 2 is 2.53 bits per heavy atom. The van der Waals surface area contributed by atoms with Gasteiger partial charge in [0, 0.05) is 30.3 Å². The fraction of sp³-hybridized carbons (Fsp3) is 0.500. The summed E-state index contributed by atoms with van der Waals surface area (Å²) >= 11 is 3.23. The van der Waals surface area contributed by atoms with Crippen LogP contribution in [-0.2, 0) is 4.79 Å². The Morgan fingerprint density at radius 3 is 3.07 bits per heavy atom. The number of thiazole rings is 1. The number of thioether (sulfide) groups is 1. The third-order valence-electron chi connectivity index (χ3n) is 2.05. The molecular weight excluding hydrogens is 254 g/mol. The van der Waals surface area contributed by atoms with Crippen LogP contribution in [0.1, 0.15) is 0 Å². The molecular formula is C8H12ClN3OS2. The summed E-state index contributed by atoms with van der Waals surface area (Å²) in [5.41, 5.74) is 0. The van der Waals surface area contributed by atoms with E-state index in [4.69, 9.17) is 0 Å². The molecule has 0 aromatic carbocycles. The van der Waals surface area contributed by atoms with Crippen molar-refractivity contribution in [2.45, 2.75) is 6.04 Å². The van der Waals surface area contributed by atoms with Crippen molar-refractivity contribution in [1.82, 2.24) is 10.3 Å². The number of aromatic nitrogens is 1. The van der Waals surface area contributed by atoms with Crippen LogP contribution >= 0.6 is 35.5 Å². The summed E-state index contributed by atoms with van der Waals surface area (Å²) in [6.45, 7) is 0. The summed E-state index contributed by atoms with van der Waals surface area (Å²) in [7, 11) is 1.77. The van der Waals surface area contributed by atoms with Gasteiger partial charge in [0.25, 0.3) is 0 Å². The monoisotopic (exact) mass is 265 g/mol. The maximum atomic E-state index is 11.9. The molecule has 7 heteroatoms. The molecule has 1 amide bonds. The summed E-state index contributed by atoms with van der Waals surface area (Å²) < 4.78 is 0. The number of carbonyl (C=O) groups excluding carboxylic acids is 1. The zero-order valence-corrected chi connectivity index (χ0v) is 10.6. The third kappa shape index (κ3) is 2.84. The van der Waals surface area contributed by atoms with Crippen molar-refractivity contribution in [1.29, 1.82) is 0 Å². The van der Waals surface area contributed by atoms with E-state index in [0.29, 0.717) is 0 Å². The molecule has 15 heavy (non-hydrogen) atoms. The molecule has 0 radical (unpaired) electrons. The van der Waals surface area contributed by atoms with E-state index in [9.17, 15) is 4.79 Å². The van der Waals surface area contributed by atoms with Crippen molar-refractivity contribution in [2.75, 3.05) is 23.6 Å². The van der Waals surface area contributed by atoms with Crippen LogP contribution in [0.25, 0.3) is 0 Å². The molecule has 1 aliphatic heterocycles. The van der Waals surface area contributed by atoms with E-state index in [1.165, 1.54) is 11.3 Å². The second kappa shape index (κ2) is 5.69. The SMILES string of the molecule is CN(C(=O)[C@H]1CSCN1)c1nccs1.Cl. The smallest absolute Gasteiger partial charge is 0.246 e. The Kier molecular flexibility index (Phi) is 4.85. The van der Waals surface area contributed by atoms with Gasteiger partial charge in [-0.2, -0.15) is 0 Å². The van der Waals surface area contributed by atoms with E-state index >= 15 is 0 Å². The largest absolute Gasteiger partial charge is 0.296 e. The summed E-state index contributed by atoms with van der Waals surface area (Å²) in [5, 5.41) is 5.78. The van der Waals surface area contributed by atoms with Gasteiger partial charge in [0.1, 0.15) is 0 Å². The first-order valence-corrected chi connectivity index (χ1v) is 6.30. The lowest BCUT2D eigenvalue weighted by atomic mass is 10.3. The number of likely N-dealkylation sites (N-methyl/N-ethyl adjacent to an activating group) is 1. The predicted molar refractivity (Wildman–Crippen MR) is 67.0 cm³/mol. The van der Waals surface area contributed by atoms with Crippen LogP contribution in [0, 0.1) is 0 Å². The second-order valence-electron chi connectivity index (χ2n) is 2.98. The van der Waals surface area contributed by atoms with Crippen LogP contribution in [0.2, 0.25) is 0 Å². The van der Waals surface area contributed by atoms with Crippen LogP contribution < -0.4 is 10.2 Å². The highest BCUT2D eigenvalue weighted by Gasteiger charge is 2.26. The zero-order valence-electron chi connectivity index (χ0n) is 8.17. The minimum atomic E-state index is -0.0473. The van der Waals surface area contributed by atoms with Gasteiger partial charge in [-0.3, -0.25) is 15.0 Å². The number of nitrogens with one attached hydrogen (secondary N) is 1. The van der Waals surface area contributed by atoms with Gasteiger partial charge in [-0.1, -0.05) is 0 Å². The number of amides is 1. The van der Waals surface area contributed by atoms with Crippen molar-refractivity contribution in [3.05, 3.63) is 11.6 Å². The molecule has 1 N–H and O–H groups in total. The van der Waals surface area contributed by atoms with Gasteiger partial charge >= 0.3 is 0 Å². The first-order chi connectivity index (χ1) is 6.79. The van der Waals surface area contributed by atoms with E-state index in [0.717, 1.165) is 16.8 Å². The average molecular weight is 266 g/mol. The van der Waals surface area contributed by atoms with Gasteiger partial charge < -0.3 is 0 Å². The van der Waals surface area contributed by atoms with Crippen LogP contribution in [0.3, 0.4) is 0 Å². The van der Waals surface area contributed by atoms with Crippen molar-refractivity contribution < 1.29 is 4.79 Å². The molecule has 0 unspecified atom stereocenters. The maximum Gasteiger partial charge on any atom is 0.246 e. The summed E-state index contributed by atoms with van der Waals surface area (Å²) in [6.07, 6.45) is 1.71. The molecule has 0 bridgehead atoms. The Balaban J connectivity index is 0.00000112. The number of halogens is 1. The second-order valence-corrected chi connectivity index (χ2v) is 4.89. The Bertz CT molecular complexity index is 314. The fourth-order valence-electron chi connectivity index (χ4n) is 1.26. The molecule has 1 saturated heterocycles. The highest BCUT2D eigenvalue weighted by molar-refractivity contribution is 7.99. The number of hydrogen-bond acceptors (Lipinski definition) is 5. The molecule has 1 aliphatic rings. The van der Waals surface area contributed by atoms with Gasteiger partial charge in [-0.05, 0) is 0 Å². The number of hydrogen-bond donors (Lipinski definition) is 1. The molecule has 1 aromatic heterocycles. The molecule has 1 fully saturated rings. The minimum Gasteiger partial charge on any atom is -0.296 e. The first-order valence-electron chi connectivity index (χ1n) is 4.27. The van der Waals surface area contributed by atoms with Crippen molar-refractivity contribution in [3.63, 3.8) is 0 Å². The Morgan fingerprint density at radius 1 is 1.73 bits per heavy atom. The molecule has 4 nitrogen and oxygen atoms in total. The van der Waals surface area contributed by atoms with Crippen LogP contribution in [0.5, 0.6) is 0 Å². The maximum absolute atomic E-state index is 11.9. The van der Waals surface area contributed by atoms with Crippen LogP contribution in [0.15, 0.2) is 11.6 Å². The molecule has 0 spiro atoms. The number of rotatable bonds is 2. The molecule has 2 heterocycles. The number of anilines is 1. The highest BCUT2D eigenvalue weighted by Crippen LogP contribution is 2.18. The number of nitrogens with zero attached hydrogens (tertiary/aromatic N) is 2. The summed E-state index contributed by atoms with van der Waals surface area (Å²) in [5.74, 6) is 1.82. The third-order valence-corrected chi connectivity index (χ3v) is 3.84. The van der Waals surface area contributed by atoms with Crippen molar-refractivity contribution in [3.8, 4) is 0 Å². The van der Waals surface area contributed by atoms with Gasteiger partial charge in [-0.15, -0.1) is 35.5 Å². The average Bonchev–Trinajstić information content (AvgIpc) is 2.87. The molecule has 1 aromatic rings. The highest BCUT2D eigenvalue weighted by atomic mass is 35.5. The molecule has 0 aliphatic carbocycles. The van der Waals surface area contributed by atoms with Gasteiger partial charge in [-0.25, -0.2) is 4.98 Å². The summed E-state index contributed by atoms with van der Waals surface area (Å²) in [4.78, 5) is 17.6. The Labute approximate surface area is 103 Å². The fourth-order valence-corrected chi connectivity index (χ4v) is 2.81. The van der Waals surface area contributed by atoms with E-state index in [-0.39, 0.29) is 24.4 Å². The topological polar surface area (TPSA) is 45.2 Å². The molecule has 0 saturated carbocycles. The van der Waals surface area contributed by atoms with Crippen molar-refractivity contribution in [2.24, 2.45) is 0 Å².